The van der Waals surface area contributed by atoms with Crippen molar-refractivity contribution in [1.82, 2.24) is 15.0 Å². The summed E-state index contributed by atoms with van der Waals surface area (Å²) in [5.41, 5.74) is 6.30. The van der Waals surface area contributed by atoms with Crippen LogP contribution in [0.15, 0.2) is 58.3 Å². The van der Waals surface area contributed by atoms with Crippen LogP contribution >= 0.6 is 11.3 Å². The molecule has 2 heterocycles. The number of nitrogens with one attached hydrogen (secondary N) is 1. The van der Waals surface area contributed by atoms with Gasteiger partial charge in [-0.1, -0.05) is 24.3 Å². The van der Waals surface area contributed by atoms with Gasteiger partial charge in [-0.3, -0.25) is 14.8 Å². The second-order valence-electron chi connectivity index (χ2n) is 7.09. The molecule has 0 aliphatic carbocycles. The van der Waals surface area contributed by atoms with Crippen LogP contribution in [0.3, 0.4) is 0 Å². The van der Waals surface area contributed by atoms with Crippen molar-refractivity contribution in [3.63, 3.8) is 0 Å². The minimum atomic E-state index is -3.82. The van der Waals surface area contributed by atoms with Gasteiger partial charge in [0.25, 0.3) is 11.5 Å². The lowest BCUT2D eigenvalue weighted by Gasteiger charge is -2.25. The lowest BCUT2D eigenvalue weighted by Crippen LogP contribution is -2.49. The lowest BCUT2D eigenvalue weighted by molar-refractivity contribution is -0.131. The predicted molar refractivity (Wildman–Crippen MR) is 115 cm³/mol. The fourth-order valence-corrected chi connectivity index (χ4v) is 4.39. The third-order valence-electron chi connectivity index (χ3n) is 5.17. The second kappa shape index (κ2) is 8.50. The minimum Gasteiger partial charge on any atom is -0.315 e. The molecule has 3 aromatic rings. The molecule has 3 rings (SSSR count). The molecule has 0 bridgehead atoms. The van der Waals surface area contributed by atoms with E-state index in [1.165, 1.54) is 34.4 Å². The number of thiazole rings is 1. The van der Waals surface area contributed by atoms with E-state index in [0.29, 0.717) is 0 Å². The third kappa shape index (κ3) is 4.35. The predicted octanol–water partition coefficient (Wildman–Crippen LogP) is 2.34. The lowest BCUT2D eigenvalue weighted by atomic mass is 10.0. The highest BCUT2D eigenvalue weighted by Gasteiger charge is 2.43. The van der Waals surface area contributed by atoms with Crippen LogP contribution in [-0.4, -0.2) is 40.1 Å². The number of rotatable bonds is 7. The summed E-state index contributed by atoms with van der Waals surface area (Å²) in [6.07, 6.45) is 2.31. The zero-order valence-corrected chi connectivity index (χ0v) is 18.0. The number of hydrogen-bond acceptors (Lipinski definition) is 7. The SMILES string of the molecule is CC(CCn1ccc(-c2ccc(-c3cscn3)cc2)cc1=O)(C(=O)NO)S(C)(=O)=O. The number of aryl methyl sites for hydroxylation is 1. The molecular weight excluding hydrogens is 426 g/mol. The number of sulfone groups is 1. The Morgan fingerprint density at radius 1 is 1.20 bits per heavy atom. The van der Waals surface area contributed by atoms with Crippen molar-refractivity contribution >= 4 is 27.1 Å². The molecule has 0 fully saturated rings. The van der Waals surface area contributed by atoms with Gasteiger partial charge < -0.3 is 4.57 Å². The Kier molecular flexibility index (Phi) is 6.20. The monoisotopic (exact) mass is 447 g/mol. The average molecular weight is 448 g/mol. The zero-order chi connectivity index (χ0) is 21.9. The van der Waals surface area contributed by atoms with Crippen molar-refractivity contribution in [2.75, 3.05) is 6.26 Å². The fraction of sp³-hybridized carbons (Fsp3) is 0.250. The molecule has 10 heteroatoms. The third-order valence-corrected chi connectivity index (χ3v) is 7.79. The summed E-state index contributed by atoms with van der Waals surface area (Å²) >= 11 is 1.52. The van der Waals surface area contributed by atoms with E-state index in [1.807, 2.05) is 29.6 Å². The summed E-state index contributed by atoms with van der Waals surface area (Å²) in [6.45, 7) is 1.22. The van der Waals surface area contributed by atoms with Crippen LogP contribution in [0.4, 0.5) is 0 Å². The van der Waals surface area contributed by atoms with E-state index in [9.17, 15) is 18.0 Å². The number of nitrogens with zero attached hydrogens (tertiary/aromatic N) is 2. The summed E-state index contributed by atoms with van der Waals surface area (Å²) in [6, 6.07) is 10.9. The highest BCUT2D eigenvalue weighted by atomic mass is 32.2. The number of hydroxylamine groups is 1. The molecule has 0 aliphatic rings. The Bertz CT molecular complexity index is 1200. The molecule has 1 amide bonds. The fourth-order valence-electron chi connectivity index (χ4n) is 2.98. The Labute approximate surface area is 177 Å². The molecule has 2 N–H and O–H groups in total. The van der Waals surface area contributed by atoms with Crippen molar-refractivity contribution in [1.29, 1.82) is 0 Å². The van der Waals surface area contributed by atoms with Gasteiger partial charge in [0.2, 0.25) is 0 Å². The van der Waals surface area contributed by atoms with Crippen molar-refractivity contribution in [3.05, 3.63) is 63.8 Å². The number of carbonyl (C=O) groups excluding carboxylic acids is 1. The summed E-state index contributed by atoms with van der Waals surface area (Å²) in [5, 5.41) is 10.8. The topological polar surface area (TPSA) is 118 Å². The summed E-state index contributed by atoms with van der Waals surface area (Å²) in [7, 11) is -3.82. The van der Waals surface area contributed by atoms with Crippen LogP contribution in [0.1, 0.15) is 13.3 Å². The minimum absolute atomic E-state index is 0.00112. The van der Waals surface area contributed by atoms with Gasteiger partial charge in [-0.2, -0.15) is 0 Å². The maximum absolute atomic E-state index is 12.5. The number of amides is 1. The van der Waals surface area contributed by atoms with Gasteiger partial charge in [-0.05, 0) is 30.5 Å². The van der Waals surface area contributed by atoms with E-state index in [-0.39, 0.29) is 18.5 Å². The molecule has 1 unspecified atom stereocenters. The highest BCUT2D eigenvalue weighted by molar-refractivity contribution is 7.92. The smallest absolute Gasteiger partial charge is 0.264 e. The number of carbonyl (C=O) groups is 1. The van der Waals surface area contributed by atoms with Crippen LogP contribution in [0, 0.1) is 0 Å². The summed E-state index contributed by atoms with van der Waals surface area (Å²) in [5.74, 6) is -1.03. The molecule has 0 radical (unpaired) electrons. The molecule has 2 aromatic heterocycles. The Morgan fingerprint density at radius 2 is 1.87 bits per heavy atom. The maximum atomic E-state index is 12.5. The van der Waals surface area contributed by atoms with Crippen LogP contribution in [0.2, 0.25) is 0 Å². The summed E-state index contributed by atoms with van der Waals surface area (Å²) < 4.78 is 23.6. The average Bonchev–Trinajstić information content (AvgIpc) is 3.26. The van der Waals surface area contributed by atoms with Gasteiger partial charge in [0, 0.05) is 36.0 Å². The van der Waals surface area contributed by atoms with Crippen LogP contribution < -0.4 is 11.0 Å². The molecule has 0 saturated heterocycles. The maximum Gasteiger partial charge on any atom is 0.264 e. The first-order valence-corrected chi connectivity index (χ1v) is 11.8. The van der Waals surface area contributed by atoms with E-state index >= 15 is 0 Å². The van der Waals surface area contributed by atoms with Crippen molar-refractivity contribution in [2.24, 2.45) is 0 Å². The van der Waals surface area contributed by atoms with E-state index in [0.717, 1.165) is 28.6 Å². The molecule has 0 saturated carbocycles. The largest absolute Gasteiger partial charge is 0.315 e. The van der Waals surface area contributed by atoms with Crippen molar-refractivity contribution in [2.45, 2.75) is 24.6 Å². The Hall–Kier alpha value is -2.82. The first-order valence-electron chi connectivity index (χ1n) is 8.99. The molecule has 1 aromatic carbocycles. The standard InChI is InChI=1S/C20H21N3O5S2/c1-20(19(25)22-26,30(2,27)28)8-10-23-9-7-16(11-18(23)24)14-3-5-15(6-4-14)17-12-29-13-21-17/h3-7,9,11-13,26H,8,10H2,1-2H3,(H,22,25). The summed E-state index contributed by atoms with van der Waals surface area (Å²) in [4.78, 5) is 28.7. The van der Waals surface area contributed by atoms with Crippen LogP contribution in [-0.2, 0) is 21.2 Å². The molecule has 0 aliphatic heterocycles. The Balaban J connectivity index is 1.80. The molecule has 30 heavy (non-hydrogen) atoms. The van der Waals surface area contributed by atoms with Gasteiger partial charge in [-0.15, -0.1) is 11.3 Å². The van der Waals surface area contributed by atoms with E-state index < -0.39 is 20.5 Å². The van der Waals surface area contributed by atoms with E-state index in [2.05, 4.69) is 4.98 Å². The van der Waals surface area contributed by atoms with Gasteiger partial charge >= 0.3 is 0 Å². The van der Waals surface area contributed by atoms with Crippen LogP contribution in [0.5, 0.6) is 0 Å². The number of hydrogen-bond donors (Lipinski definition) is 2. The quantitative estimate of drug-likeness (QED) is 0.424. The first kappa shape index (κ1) is 21.9. The number of aromatic nitrogens is 2. The van der Waals surface area contributed by atoms with Gasteiger partial charge in [0.05, 0.1) is 11.2 Å². The number of benzene rings is 1. The zero-order valence-electron chi connectivity index (χ0n) is 16.4. The van der Waals surface area contributed by atoms with Gasteiger partial charge in [0.1, 0.15) is 0 Å². The van der Waals surface area contributed by atoms with Gasteiger partial charge in [0.15, 0.2) is 14.6 Å². The molecule has 1 atom stereocenters. The molecule has 158 valence electrons. The second-order valence-corrected chi connectivity index (χ2v) is 10.3. The Morgan fingerprint density at radius 3 is 2.40 bits per heavy atom. The highest BCUT2D eigenvalue weighted by Crippen LogP contribution is 2.25. The van der Waals surface area contributed by atoms with E-state index in [1.54, 1.807) is 17.8 Å². The molecular formula is C20H21N3O5S2. The first-order chi connectivity index (χ1) is 14.2. The van der Waals surface area contributed by atoms with Crippen molar-refractivity contribution < 1.29 is 18.4 Å². The van der Waals surface area contributed by atoms with Crippen LogP contribution in [0.25, 0.3) is 22.4 Å². The normalized spacial score (nSPS) is 13.6. The molecule has 8 nitrogen and oxygen atoms in total. The van der Waals surface area contributed by atoms with Crippen molar-refractivity contribution in [3.8, 4) is 22.4 Å². The molecule has 0 spiro atoms. The van der Waals surface area contributed by atoms with Gasteiger partial charge in [-0.25, -0.2) is 18.9 Å². The van der Waals surface area contributed by atoms with E-state index in [4.69, 9.17) is 5.21 Å². The number of pyridine rings is 1.